The standard InChI is InChI=1S/C71H108N16O23/c1-8-9-10-11-12-13-14-15-16-17-18-24-49(88)78-43-27-25-42(26-28-43)61(99)73-35-51(90)80-46(33-56(97)98)64(102)84-59-41(6)77-65(103)47-23-21-30-86(47)60(38(2)3)69(107)85-68(106)58(40(5)76-50(89)34-72-7)82-53(92)37-75-62(100)44(31-54(93)94)79-52(91)36-74-63(101)45(32-55(95)96)81-67(105)57(39(4)71(109)110)83-66(104)48-22-19-20-29-87(48)70(59)108/h25-28,38-41,44-48,57-60,72H,8-24,29-37H2,1-7H3,(H,73,99)(H,74,101)(H,75,100)(H,76,89)(H,77,103)(H,78,88)(H,79,91)(H,80,90)(H,81,105)(H,82,92)(H,83,104)(H,84,102)(H,93,94)(H,95,96)(H,97,98)(H,109,110)(H,85,106,107). The molecule has 110 heavy (non-hydrogen) atoms. The Labute approximate surface area is 636 Å². The molecule has 1 aromatic rings. The van der Waals surface area contributed by atoms with Crippen molar-refractivity contribution < 1.29 is 112 Å². The quantitative estimate of drug-likeness (QED) is 0.0254. The molecule has 0 radical (unpaired) electrons. The smallest absolute Gasteiger partial charge is 0.308 e. The number of carbonyl (C=O) groups is 19. The highest BCUT2D eigenvalue weighted by Gasteiger charge is 2.46. The highest BCUT2D eigenvalue weighted by Crippen LogP contribution is 2.26. The van der Waals surface area contributed by atoms with Crippen molar-refractivity contribution in [3.8, 4) is 0 Å². The van der Waals surface area contributed by atoms with Gasteiger partial charge in [-0.05, 0) is 103 Å². The molecule has 1 aromatic carbocycles. The van der Waals surface area contributed by atoms with Crippen LogP contribution in [0.2, 0.25) is 0 Å². The van der Waals surface area contributed by atoms with Gasteiger partial charge in [-0.15, -0.1) is 0 Å². The second-order valence-corrected chi connectivity index (χ2v) is 27.9. The zero-order valence-electron chi connectivity index (χ0n) is 63.1. The molecule has 3 fully saturated rings. The Morgan fingerprint density at radius 3 is 1.67 bits per heavy atom. The average molecular weight is 1550 g/mol. The SMILES string of the molecule is CCCCCCCCCCCCCC(=O)Nc1ccc(C(=O)NCC(=O)NC(CC(=O)O)C(=O)NC2C(=O)N3CCCCC3C(=O)NC(C(C)C(=O)O)C(=O)NC(CC(=O)O)C(=O)NCC(=O)NC(CC(=O)O)C(=O)NCC(=O)NC(C(C)NC(=O)CNC)C(=O)NC(=O)C(C(C)C)N3CCCC3C(=O)NC2C)cc1. The van der Waals surface area contributed by atoms with Gasteiger partial charge in [-0.2, -0.15) is 0 Å². The highest BCUT2D eigenvalue weighted by atomic mass is 16.4. The maximum Gasteiger partial charge on any atom is 0.308 e. The van der Waals surface area contributed by atoms with Crippen molar-refractivity contribution in [2.45, 2.75) is 236 Å². The molecule has 0 saturated carbocycles. The number of anilines is 1. The van der Waals surface area contributed by atoms with Crippen LogP contribution in [0, 0.1) is 11.8 Å². The number of amides is 15. The number of nitrogens with one attached hydrogen (secondary N) is 14. The minimum Gasteiger partial charge on any atom is -0.481 e. The van der Waals surface area contributed by atoms with Crippen LogP contribution in [-0.2, 0) is 86.3 Å². The van der Waals surface area contributed by atoms with Crippen LogP contribution in [0.15, 0.2) is 24.3 Å². The van der Waals surface area contributed by atoms with Crippen LogP contribution in [0.3, 0.4) is 0 Å². The van der Waals surface area contributed by atoms with Gasteiger partial charge in [0.1, 0.15) is 42.3 Å². The van der Waals surface area contributed by atoms with Crippen molar-refractivity contribution >= 4 is 118 Å². The maximum atomic E-state index is 15.4. The Morgan fingerprint density at radius 1 is 0.555 bits per heavy atom. The van der Waals surface area contributed by atoms with Gasteiger partial charge in [-0.1, -0.05) is 85.0 Å². The lowest BCUT2D eigenvalue weighted by molar-refractivity contribution is -0.150. The van der Waals surface area contributed by atoms with Crippen molar-refractivity contribution in [2.75, 3.05) is 51.6 Å². The molecule has 3 saturated heterocycles. The molecule has 39 nitrogen and oxygen atoms in total. The Hall–Kier alpha value is -10.7. The van der Waals surface area contributed by atoms with Gasteiger partial charge in [0, 0.05) is 24.2 Å². The summed E-state index contributed by atoms with van der Waals surface area (Å²) >= 11 is 0. The molecular formula is C71H108N16O23. The number of rotatable bonds is 32. The molecule has 39 heteroatoms. The van der Waals surface area contributed by atoms with E-state index in [1.54, 1.807) is 13.8 Å². The number of likely N-dealkylation sites (N-methyl/N-ethyl adjacent to an activating group) is 1. The lowest BCUT2D eigenvalue weighted by Gasteiger charge is -2.39. The predicted octanol–water partition coefficient (Wildman–Crippen LogP) is -2.90. The lowest BCUT2D eigenvalue weighted by atomic mass is 9.96. The van der Waals surface area contributed by atoms with E-state index < -0.39 is 224 Å². The topological polar surface area (TPSA) is 580 Å². The van der Waals surface area contributed by atoms with E-state index in [9.17, 15) is 107 Å². The fourth-order valence-electron chi connectivity index (χ4n) is 12.8. The first-order valence-corrected chi connectivity index (χ1v) is 37.1. The normalized spacial score (nSPS) is 22.8. The van der Waals surface area contributed by atoms with Crippen molar-refractivity contribution in [3.05, 3.63) is 29.8 Å². The highest BCUT2D eigenvalue weighted by molar-refractivity contribution is 6.04. The van der Waals surface area contributed by atoms with Gasteiger partial charge in [0.05, 0.1) is 75.5 Å². The third-order valence-electron chi connectivity index (χ3n) is 18.7. The number of benzene rings is 1. The Kier molecular flexibility index (Phi) is 38.8. The molecule has 18 N–H and O–H groups in total. The van der Waals surface area contributed by atoms with E-state index in [1.165, 1.54) is 88.6 Å². The molecule has 0 aromatic heterocycles. The summed E-state index contributed by atoms with van der Waals surface area (Å²) in [6.07, 6.45) is 9.30. The number of carbonyl (C=O) groups excluding carboxylic acids is 15. The maximum absolute atomic E-state index is 15.4. The summed E-state index contributed by atoms with van der Waals surface area (Å²) < 4.78 is 0. The molecule has 0 bridgehead atoms. The fourth-order valence-corrected chi connectivity index (χ4v) is 12.8. The van der Waals surface area contributed by atoms with Crippen LogP contribution in [-0.4, -0.2) is 255 Å². The summed E-state index contributed by atoms with van der Waals surface area (Å²) in [5.74, 6) is -26.0. The number of imide groups is 1. The molecule has 3 aliphatic heterocycles. The van der Waals surface area contributed by atoms with Crippen molar-refractivity contribution in [1.29, 1.82) is 0 Å². The number of carboxylic acid groups (broad SMARTS) is 4. The summed E-state index contributed by atoms with van der Waals surface area (Å²) in [5, 5.41) is 72.3. The number of hydrogen-bond donors (Lipinski definition) is 18. The summed E-state index contributed by atoms with van der Waals surface area (Å²) in [5.41, 5.74) is 0.434. The second-order valence-electron chi connectivity index (χ2n) is 27.9. The fraction of sp³-hybridized carbons (Fsp3) is 0.648. The largest absolute Gasteiger partial charge is 0.481 e. The van der Waals surface area contributed by atoms with Crippen LogP contribution in [0.1, 0.15) is 180 Å². The van der Waals surface area contributed by atoms with Gasteiger partial charge in [0.2, 0.25) is 76.8 Å². The van der Waals surface area contributed by atoms with Crippen LogP contribution in [0.4, 0.5) is 5.69 Å². The minimum absolute atomic E-state index is 0.00924. The number of hydrogen-bond acceptors (Lipinski definition) is 21. The minimum atomic E-state index is -2.21. The third kappa shape index (κ3) is 30.7. The predicted molar refractivity (Wildman–Crippen MR) is 390 cm³/mol. The number of unbranched alkanes of at least 4 members (excludes halogenated alkanes) is 10. The first-order valence-electron chi connectivity index (χ1n) is 37.1. The third-order valence-corrected chi connectivity index (χ3v) is 18.7. The zero-order valence-corrected chi connectivity index (χ0v) is 63.1. The number of fused-ring (bicyclic) bond motifs is 2. The molecule has 610 valence electrons. The number of piperidine rings is 1. The van der Waals surface area contributed by atoms with Crippen molar-refractivity contribution in [1.82, 2.24) is 78.9 Å². The second kappa shape index (κ2) is 46.6. The lowest BCUT2D eigenvalue weighted by Crippen LogP contribution is -2.66. The van der Waals surface area contributed by atoms with Crippen LogP contribution < -0.4 is 74.4 Å². The van der Waals surface area contributed by atoms with Crippen molar-refractivity contribution in [2.24, 2.45) is 11.8 Å². The Balaban J connectivity index is 1.73. The molecule has 4 rings (SSSR count). The number of aliphatic carboxylic acids is 4. The number of carboxylic acids is 4. The molecule has 12 unspecified atom stereocenters. The van der Waals surface area contributed by atoms with Crippen molar-refractivity contribution in [3.63, 3.8) is 0 Å². The van der Waals surface area contributed by atoms with Crippen LogP contribution in [0.25, 0.3) is 0 Å². The van der Waals surface area contributed by atoms with E-state index in [1.807, 2.05) is 16.0 Å². The van der Waals surface area contributed by atoms with Gasteiger partial charge < -0.3 is 94.4 Å². The summed E-state index contributed by atoms with van der Waals surface area (Å²) in [4.78, 5) is 261. The first kappa shape index (κ1) is 91.7. The Bertz CT molecular complexity index is 3470. The van der Waals surface area contributed by atoms with E-state index in [-0.39, 0.29) is 63.2 Å². The van der Waals surface area contributed by atoms with Crippen LogP contribution >= 0.6 is 0 Å². The van der Waals surface area contributed by atoms with E-state index >= 15 is 4.79 Å². The first-order chi connectivity index (χ1) is 52.1. The molecule has 12 atom stereocenters. The van der Waals surface area contributed by atoms with Gasteiger partial charge in [-0.3, -0.25) is 101 Å². The molecule has 0 aliphatic carbocycles. The van der Waals surface area contributed by atoms with E-state index in [0.29, 0.717) is 18.5 Å². The summed E-state index contributed by atoms with van der Waals surface area (Å²) in [7, 11) is 1.43. The Morgan fingerprint density at radius 2 is 1.11 bits per heavy atom. The van der Waals surface area contributed by atoms with Crippen LogP contribution in [0.5, 0.6) is 0 Å². The molecule has 3 aliphatic rings. The number of nitrogens with zero attached hydrogens (tertiary/aromatic N) is 2. The summed E-state index contributed by atoms with van der Waals surface area (Å²) in [6, 6.07) is -13.9. The molecular weight excluding hydrogens is 1440 g/mol. The van der Waals surface area contributed by atoms with Gasteiger partial charge in [0.15, 0.2) is 0 Å². The van der Waals surface area contributed by atoms with E-state index in [2.05, 4.69) is 65.4 Å². The average Bonchev–Trinajstić information content (AvgIpc) is 1.54. The van der Waals surface area contributed by atoms with Gasteiger partial charge in [0.25, 0.3) is 11.8 Å². The monoisotopic (exact) mass is 1550 g/mol. The molecule has 0 spiro atoms. The van der Waals surface area contributed by atoms with E-state index in [4.69, 9.17) is 0 Å². The van der Waals surface area contributed by atoms with Gasteiger partial charge >= 0.3 is 23.9 Å². The zero-order chi connectivity index (χ0) is 81.9. The van der Waals surface area contributed by atoms with E-state index in [0.717, 1.165) is 37.5 Å². The summed E-state index contributed by atoms with van der Waals surface area (Å²) in [6.45, 7) is 5.10. The van der Waals surface area contributed by atoms with Gasteiger partial charge in [-0.25, -0.2) is 0 Å². The molecule has 3 heterocycles. The molecule has 15 amide bonds.